The molecule has 0 saturated heterocycles. The second-order valence-corrected chi connectivity index (χ2v) is 4.95. The minimum Gasteiger partial charge on any atom is -0.444 e. The van der Waals surface area contributed by atoms with Crippen LogP contribution >= 0.6 is 0 Å². The largest absolute Gasteiger partial charge is 0.444 e. The van der Waals surface area contributed by atoms with Gasteiger partial charge in [-0.1, -0.05) is 0 Å². The highest BCUT2D eigenvalue weighted by molar-refractivity contribution is 5.67. The van der Waals surface area contributed by atoms with Gasteiger partial charge in [-0.25, -0.2) is 4.79 Å². The van der Waals surface area contributed by atoms with Crippen LogP contribution in [0, 0.1) is 0 Å². The lowest BCUT2D eigenvalue weighted by Gasteiger charge is -2.27. The summed E-state index contributed by atoms with van der Waals surface area (Å²) in [5.41, 5.74) is -1.81. The lowest BCUT2D eigenvalue weighted by Crippen LogP contribution is -2.50. The Kier molecular flexibility index (Phi) is 6.44. The standard InChI is InChI=1S/C11H23NO5/c1-10(2,3)17-9(13)12-6-11(14,7-15-4)8-16-5/h14H,6-8H2,1-5H3,(H,12,13). The Labute approximate surface area is 102 Å². The van der Waals surface area contributed by atoms with Crippen molar-refractivity contribution in [2.24, 2.45) is 0 Å². The van der Waals surface area contributed by atoms with Crippen molar-refractivity contribution in [1.29, 1.82) is 0 Å². The maximum Gasteiger partial charge on any atom is 0.407 e. The number of carbonyl (C=O) groups is 1. The molecule has 0 radical (unpaired) electrons. The van der Waals surface area contributed by atoms with E-state index in [2.05, 4.69) is 5.32 Å². The molecule has 0 aromatic carbocycles. The summed E-state index contributed by atoms with van der Waals surface area (Å²) in [4.78, 5) is 11.4. The van der Waals surface area contributed by atoms with Crippen molar-refractivity contribution < 1.29 is 24.1 Å². The van der Waals surface area contributed by atoms with E-state index in [1.54, 1.807) is 20.8 Å². The number of hydrogen-bond acceptors (Lipinski definition) is 5. The molecule has 0 aromatic rings. The molecule has 0 heterocycles. The SMILES string of the molecule is COCC(O)(CNC(=O)OC(C)(C)C)COC. The molecule has 0 rings (SSSR count). The van der Waals surface area contributed by atoms with Crippen molar-refractivity contribution in [1.82, 2.24) is 5.32 Å². The van der Waals surface area contributed by atoms with Crippen LogP contribution in [0.1, 0.15) is 20.8 Å². The summed E-state index contributed by atoms with van der Waals surface area (Å²) in [6.07, 6.45) is -0.580. The van der Waals surface area contributed by atoms with E-state index >= 15 is 0 Å². The summed E-state index contributed by atoms with van der Waals surface area (Å²) in [6, 6.07) is 0. The summed E-state index contributed by atoms with van der Waals surface area (Å²) >= 11 is 0. The van der Waals surface area contributed by atoms with E-state index in [9.17, 15) is 9.90 Å². The number of rotatable bonds is 6. The molecule has 2 N–H and O–H groups in total. The number of alkyl carbamates (subject to hydrolysis) is 1. The van der Waals surface area contributed by atoms with Gasteiger partial charge >= 0.3 is 6.09 Å². The van der Waals surface area contributed by atoms with Gasteiger partial charge in [-0.3, -0.25) is 0 Å². The zero-order valence-corrected chi connectivity index (χ0v) is 11.2. The van der Waals surface area contributed by atoms with Gasteiger partial charge in [0.1, 0.15) is 11.2 Å². The van der Waals surface area contributed by atoms with Crippen molar-refractivity contribution in [2.75, 3.05) is 34.0 Å². The molecule has 0 aromatic heterocycles. The van der Waals surface area contributed by atoms with Crippen LogP contribution in [0.5, 0.6) is 0 Å². The van der Waals surface area contributed by atoms with Crippen LogP contribution < -0.4 is 5.32 Å². The van der Waals surface area contributed by atoms with Crippen LogP contribution in [0.3, 0.4) is 0 Å². The molecular formula is C11H23NO5. The monoisotopic (exact) mass is 249 g/mol. The summed E-state index contributed by atoms with van der Waals surface area (Å²) in [5, 5.41) is 12.5. The summed E-state index contributed by atoms with van der Waals surface area (Å²) in [6.45, 7) is 5.44. The quantitative estimate of drug-likeness (QED) is 0.718. The highest BCUT2D eigenvalue weighted by Gasteiger charge is 2.28. The number of hydrogen-bond donors (Lipinski definition) is 2. The van der Waals surface area contributed by atoms with Crippen molar-refractivity contribution >= 4 is 6.09 Å². The van der Waals surface area contributed by atoms with Crippen LogP contribution in [0.2, 0.25) is 0 Å². The molecule has 6 heteroatoms. The molecule has 102 valence electrons. The maximum atomic E-state index is 11.4. The first-order chi connectivity index (χ1) is 7.72. The molecule has 0 atom stereocenters. The third-order valence-corrected chi connectivity index (χ3v) is 1.79. The van der Waals surface area contributed by atoms with Gasteiger partial charge in [0.05, 0.1) is 19.8 Å². The highest BCUT2D eigenvalue weighted by atomic mass is 16.6. The number of carbonyl (C=O) groups excluding carboxylic acids is 1. The average Bonchev–Trinajstić information content (AvgIpc) is 2.13. The maximum absolute atomic E-state index is 11.4. The Morgan fingerprint density at radius 3 is 2.00 bits per heavy atom. The van der Waals surface area contributed by atoms with Gasteiger partial charge in [0, 0.05) is 14.2 Å². The molecule has 0 aliphatic carbocycles. The Hall–Kier alpha value is -0.850. The smallest absolute Gasteiger partial charge is 0.407 e. The van der Waals surface area contributed by atoms with E-state index in [4.69, 9.17) is 14.2 Å². The molecule has 0 aliphatic heterocycles. The predicted octanol–water partition coefficient (Wildman–Crippen LogP) is 0.535. The van der Waals surface area contributed by atoms with Crippen LogP contribution in [0.25, 0.3) is 0 Å². The van der Waals surface area contributed by atoms with E-state index in [1.165, 1.54) is 14.2 Å². The van der Waals surface area contributed by atoms with Gasteiger partial charge in [0.15, 0.2) is 0 Å². The van der Waals surface area contributed by atoms with Gasteiger partial charge < -0.3 is 24.6 Å². The first-order valence-corrected chi connectivity index (χ1v) is 5.39. The number of aliphatic hydroxyl groups is 1. The topological polar surface area (TPSA) is 77.0 Å². The lowest BCUT2D eigenvalue weighted by atomic mass is 10.1. The number of methoxy groups -OCH3 is 2. The van der Waals surface area contributed by atoms with Gasteiger partial charge in [-0.05, 0) is 20.8 Å². The fourth-order valence-electron chi connectivity index (χ4n) is 1.23. The molecule has 0 fully saturated rings. The zero-order valence-electron chi connectivity index (χ0n) is 11.2. The summed E-state index contributed by atoms with van der Waals surface area (Å²) in [5.74, 6) is 0. The average molecular weight is 249 g/mol. The predicted molar refractivity (Wildman–Crippen MR) is 62.9 cm³/mol. The molecule has 0 aliphatic rings. The minimum atomic E-state index is -1.25. The van der Waals surface area contributed by atoms with E-state index in [-0.39, 0.29) is 19.8 Å². The van der Waals surface area contributed by atoms with Crippen LogP contribution in [-0.4, -0.2) is 56.4 Å². The van der Waals surface area contributed by atoms with Crippen LogP contribution in [0.4, 0.5) is 4.79 Å². The molecule has 0 spiro atoms. The van der Waals surface area contributed by atoms with Gasteiger partial charge in [0.25, 0.3) is 0 Å². The first kappa shape index (κ1) is 16.1. The Balaban J connectivity index is 4.17. The van der Waals surface area contributed by atoms with Crippen LogP contribution in [0.15, 0.2) is 0 Å². The third kappa shape index (κ3) is 7.95. The number of amides is 1. The van der Waals surface area contributed by atoms with Gasteiger partial charge in [0.2, 0.25) is 0 Å². The Morgan fingerprint density at radius 1 is 1.18 bits per heavy atom. The van der Waals surface area contributed by atoms with Crippen molar-refractivity contribution in [3.05, 3.63) is 0 Å². The van der Waals surface area contributed by atoms with E-state index in [0.717, 1.165) is 0 Å². The Morgan fingerprint density at radius 2 is 1.65 bits per heavy atom. The van der Waals surface area contributed by atoms with Gasteiger partial charge in [-0.15, -0.1) is 0 Å². The second-order valence-electron chi connectivity index (χ2n) is 4.95. The highest BCUT2D eigenvalue weighted by Crippen LogP contribution is 2.08. The van der Waals surface area contributed by atoms with E-state index in [1.807, 2.05) is 0 Å². The van der Waals surface area contributed by atoms with E-state index in [0.29, 0.717) is 0 Å². The van der Waals surface area contributed by atoms with Gasteiger partial charge in [-0.2, -0.15) is 0 Å². The molecule has 0 unspecified atom stereocenters. The molecule has 1 amide bonds. The molecule has 17 heavy (non-hydrogen) atoms. The van der Waals surface area contributed by atoms with E-state index < -0.39 is 17.3 Å². The normalized spacial score (nSPS) is 12.4. The first-order valence-electron chi connectivity index (χ1n) is 5.39. The van der Waals surface area contributed by atoms with Crippen LogP contribution in [-0.2, 0) is 14.2 Å². The summed E-state index contributed by atoms with van der Waals surface area (Å²) in [7, 11) is 2.93. The lowest BCUT2D eigenvalue weighted by molar-refractivity contribution is -0.0755. The fourth-order valence-corrected chi connectivity index (χ4v) is 1.23. The fraction of sp³-hybridized carbons (Fsp3) is 0.909. The number of nitrogens with one attached hydrogen (secondary N) is 1. The third-order valence-electron chi connectivity index (χ3n) is 1.79. The van der Waals surface area contributed by atoms with Crippen molar-refractivity contribution in [3.63, 3.8) is 0 Å². The number of ether oxygens (including phenoxy) is 3. The van der Waals surface area contributed by atoms with Crippen molar-refractivity contribution in [3.8, 4) is 0 Å². The zero-order chi connectivity index (χ0) is 13.5. The molecule has 0 saturated carbocycles. The molecule has 6 nitrogen and oxygen atoms in total. The molecular weight excluding hydrogens is 226 g/mol. The Bertz CT molecular complexity index is 231. The minimum absolute atomic E-state index is 0.00356. The second kappa shape index (κ2) is 6.78. The molecule has 0 bridgehead atoms. The summed E-state index contributed by atoms with van der Waals surface area (Å²) < 4.78 is 14.8. The van der Waals surface area contributed by atoms with Crippen molar-refractivity contribution in [2.45, 2.75) is 32.0 Å².